The molecule has 0 spiro atoms. The second-order valence-electron chi connectivity index (χ2n) is 2.51. The Hall–Kier alpha value is -1.18. The van der Waals surface area contributed by atoms with Crippen molar-refractivity contribution in [3.05, 3.63) is 35.3 Å². The van der Waals surface area contributed by atoms with E-state index in [1.54, 1.807) is 0 Å². The van der Waals surface area contributed by atoms with Crippen molar-refractivity contribution < 1.29 is 5.11 Å². The number of hydrogen-bond acceptors (Lipinski definition) is 2. The van der Waals surface area contributed by atoms with Gasteiger partial charge >= 0.3 is 0 Å². The van der Waals surface area contributed by atoms with Crippen molar-refractivity contribution in [1.82, 2.24) is 5.32 Å². The summed E-state index contributed by atoms with van der Waals surface area (Å²) >= 11 is 0. The smallest absolute Gasteiger partial charge is 0.117 e. The molecule has 1 heterocycles. The van der Waals surface area contributed by atoms with E-state index in [0.717, 1.165) is 18.5 Å². The second-order valence-corrected chi connectivity index (χ2v) is 2.51. The molecule has 0 fully saturated rings. The van der Waals surface area contributed by atoms with Gasteiger partial charge in [-0.3, -0.25) is 0 Å². The molecule has 2 aliphatic rings. The van der Waals surface area contributed by atoms with Gasteiger partial charge in [-0.05, 0) is 30.3 Å². The maximum absolute atomic E-state index is 9.25. The minimum absolute atomic E-state index is 0.451. The van der Waals surface area contributed by atoms with E-state index >= 15 is 0 Å². The molecule has 2 nitrogen and oxygen atoms in total. The molecule has 0 bridgehead atoms. The number of nitrogens with one attached hydrogen (secondary N) is 1. The molecule has 1 aliphatic heterocycles. The highest BCUT2D eigenvalue weighted by Gasteiger charge is 2.15. The van der Waals surface area contributed by atoms with Gasteiger partial charge in [0.05, 0.1) is 0 Å². The van der Waals surface area contributed by atoms with Crippen molar-refractivity contribution in [3.63, 3.8) is 0 Å². The summed E-state index contributed by atoms with van der Waals surface area (Å²) in [6.07, 6.45) is 6.67. The molecule has 0 amide bonds. The number of aliphatic hydroxyl groups excluding tert-OH is 1. The Labute approximate surface area is 59.6 Å². The molecular formula is C8H9NO. The van der Waals surface area contributed by atoms with Gasteiger partial charge in [-0.1, -0.05) is 0 Å². The fourth-order valence-electron chi connectivity index (χ4n) is 1.31. The Morgan fingerprint density at radius 1 is 1.50 bits per heavy atom. The van der Waals surface area contributed by atoms with E-state index in [1.165, 1.54) is 5.57 Å². The zero-order valence-electron chi connectivity index (χ0n) is 5.59. The van der Waals surface area contributed by atoms with Gasteiger partial charge in [0.15, 0.2) is 0 Å². The SMILES string of the molecule is OC1=CCC2=C1CNC=C2. The van der Waals surface area contributed by atoms with Crippen molar-refractivity contribution in [3.8, 4) is 0 Å². The van der Waals surface area contributed by atoms with Gasteiger partial charge in [-0.15, -0.1) is 0 Å². The molecule has 10 heavy (non-hydrogen) atoms. The van der Waals surface area contributed by atoms with E-state index in [4.69, 9.17) is 0 Å². The Morgan fingerprint density at radius 2 is 2.40 bits per heavy atom. The summed E-state index contributed by atoms with van der Waals surface area (Å²) in [6, 6.07) is 0. The lowest BCUT2D eigenvalue weighted by Gasteiger charge is -2.10. The van der Waals surface area contributed by atoms with Crippen molar-refractivity contribution >= 4 is 0 Å². The van der Waals surface area contributed by atoms with E-state index in [-0.39, 0.29) is 0 Å². The third kappa shape index (κ3) is 0.652. The van der Waals surface area contributed by atoms with E-state index in [0.29, 0.717) is 5.76 Å². The molecular weight excluding hydrogens is 126 g/mol. The van der Waals surface area contributed by atoms with Crippen LogP contribution in [0.15, 0.2) is 35.3 Å². The van der Waals surface area contributed by atoms with E-state index in [9.17, 15) is 5.11 Å². The molecule has 0 unspecified atom stereocenters. The summed E-state index contributed by atoms with van der Waals surface area (Å²) in [5.41, 5.74) is 2.30. The van der Waals surface area contributed by atoms with Crippen LogP contribution < -0.4 is 5.32 Å². The van der Waals surface area contributed by atoms with Gasteiger partial charge < -0.3 is 10.4 Å². The number of aliphatic hydroxyl groups is 1. The van der Waals surface area contributed by atoms with Crippen LogP contribution in [-0.4, -0.2) is 11.7 Å². The van der Waals surface area contributed by atoms with E-state index in [2.05, 4.69) is 5.32 Å². The average molecular weight is 135 g/mol. The van der Waals surface area contributed by atoms with Gasteiger partial charge in [-0.2, -0.15) is 0 Å². The quantitative estimate of drug-likeness (QED) is 0.524. The Morgan fingerprint density at radius 3 is 3.20 bits per heavy atom. The third-order valence-corrected chi connectivity index (χ3v) is 1.89. The van der Waals surface area contributed by atoms with Gasteiger partial charge in [-0.25, -0.2) is 0 Å². The lowest BCUT2D eigenvalue weighted by molar-refractivity contribution is 0.421. The van der Waals surface area contributed by atoms with Crippen LogP contribution in [0.2, 0.25) is 0 Å². The zero-order valence-corrected chi connectivity index (χ0v) is 5.59. The predicted octanol–water partition coefficient (Wildman–Crippen LogP) is 1.25. The topological polar surface area (TPSA) is 32.3 Å². The highest BCUT2D eigenvalue weighted by atomic mass is 16.3. The summed E-state index contributed by atoms with van der Waals surface area (Å²) in [4.78, 5) is 0. The second kappa shape index (κ2) is 1.90. The van der Waals surface area contributed by atoms with Gasteiger partial charge in [0, 0.05) is 12.1 Å². The van der Waals surface area contributed by atoms with Crippen LogP contribution in [0.4, 0.5) is 0 Å². The van der Waals surface area contributed by atoms with Crippen LogP contribution in [0.5, 0.6) is 0 Å². The Kier molecular flexibility index (Phi) is 1.07. The van der Waals surface area contributed by atoms with Gasteiger partial charge in [0.25, 0.3) is 0 Å². The van der Waals surface area contributed by atoms with Crippen LogP contribution in [0.3, 0.4) is 0 Å². The molecule has 0 saturated heterocycles. The van der Waals surface area contributed by atoms with Gasteiger partial charge in [0.2, 0.25) is 0 Å². The van der Waals surface area contributed by atoms with E-state index in [1.807, 2.05) is 18.4 Å². The van der Waals surface area contributed by atoms with Crippen LogP contribution >= 0.6 is 0 Å². The first-order valence-corrected chi connectivity index (χ1v) is 3.39. The molecule has 2 N–H and O–H groups in total. The van der Waals surface area contributed by atoms with Crippen LogP contribution in [0.25, 0.3) is 0 Å². The average Bonchev–Trinajstić information content (AvgIpc) is 2.34. The first-order chi connectivity index (χ1) is 4.88. The largest absolute Gasteiger partial charge is 0.508 e. The molecule has 0 atom stereocenters. The predicted molar refractivity (Wildman–Crippen MR) is 39.5 cm³/mol. The third-order valence-electron chi connectivity index (χ3n) is 1.89. The normalized spacial score (nSPS) is 22.2. The molecule has 2 rings (SSSR count). The number of dihydropyridines is 1. The van der Waals surface area contributed by atoms with Crippen molar-refractivity contribution in [1.29, 1.82) is 0 Å². The molecule has 0 saturated carbocycles. The van der Waals surface area contributed by atoms with Crippen molar-refractivity contribution in [2.75, 3.05) is 6.54 Å². The Bertz CT molecular complexity index is 248. The highest BCUT2D eigenvalue weighted by Crippen LogP contribution is 2.26. The fraction of sp³-hybridized carbons (Fsp3) is 0.250. The molecule has 0 aromatic carbocycles. The van der Waals surface area contributed by atoms with Crippen molar-refractivity contribution in [2.24, 2.45) is 0 Å². The van der Waals surface area contributed by atoms with E-state index < -0.39 is 0 Å². The zero-order chi connectivity index (χ0) is 6.97. The monoisotopic (exact) mass is 135 g/mol. The standard InChI is InChI=1S/C8H9NO/c10-8-2-1-6-3-4-9-5-7(6)8/h2-4,9-10H,1,5H2. The summed E-state index contributed by atoms with van der Waals surface area (Å²) in [5.74, 6) is 0.451. The maximum atomic E-state index is 9.25. The van der Waals surface area contributed by atoms with Crippen LogP contribution in [0.1, 0.15) is 6.42 Å². The molecule has 0 radical (unpaired) electrons. The maximum Gasteiger partial charge on any atom is 0.117 e. The molecule has 2 heteroatoms. The minimum atomic E-state index is 0.451. The first kappa shape index (κ1) is 5.59. The lowest BCUT2D eigenvalue weighted by atomic mass is 10.1. The minimum Gasteiger partial charge on any atom is -0.508 e. The van der Waals surface area contributed by atoms with Crippen molar-refractivity contribution in [2.45, 2.75) is 6.42 Å². The number of hydrogen-bond donors (Lipinski definition) is 2. The summed E-state index contributed by atoms with van der Waals surface area (Å²) in [6.45, 7) is 0.772. The highest BCUT2D eigenvalue weighted by molar-refractivity contribution is 5.46. The summed E-state index contributed by atoms with van der Waals surface area (Å²) < 4.78 is 0. The summed E-state index contributed by atoms with van der Waals surface area (Å²) in [5, 5.41) is 12.3. The summed E-state index contributed by atoms with van der Waals surface area (Å²) in [7, 11) is 0. The lowest BCUT2D eigenvalue weighted by Crippen LogP contribution is -2.14. The molecule has 0 aromatic heterocycles. The Balaban J connectivity index is 2.38. The number of allylic oxidation sites excluding steroid dienone is 3. The van der Waals surface area contributed by atoms with Gasteiger partial charge in [0.1, 0.15) is 5.76 Å². The molecule has 1 aliphatic carbocycles. The molecule has 52 valence electrons. The van der Waals surface area contributed by atoms with Crippen LogP contribution in [0, 0.1) is 0 Å². The molecule has 0 aromatic rings. The first-order valence-electron chi connectivity index (χ1n) is 3.39. The fourth-order valence-corrected chi connectivity index (χ4v) is 1.31. The number of rotatable bonds is 0. The van der Waals surface area contributed by atoms with Crippen LogP contribution in [-0.2, 0) is 0 Å².